The Labute approximate surface area is 109 Å². The molecule has 0 bridgehead atoms. The molecule has 0 radical (unpaired) electrons. The largest absolute Gasteiger partial charge is 0.381 e. The fourth-order valence-electron chi connectivity index (χ4n) is 2.59. The third-order valence-electron chi connectivity index (χ3n) is 3.46. The predicted octanol–water partition coefficient (Wildman–Crippen LogP) is 2.77. The molecule has 100 valence electrons. The first kappa shape index (κ1) is 13.5. The van der Waals surface area contributed by atoms with E-state index in [4.69, 9.17) is 4.74 Å². The Bertz CT molecular complexity index is 381. The van der Waals surface area contributed by atoms with Gasteiger partial charge in [-0.2, -0.15) is 0 Å². The summed E-state index contributed by atoms with van der Waals surface area (Å²) in [6.07, 6.45) is 1.76. The highest BCUT2D eigenvalue weighted by atomic mass is 19.1. The maximum absolute atomic E-state index is 13.7. The Kier molecular flexibility index (Phi) is 4.72. The zero-order valence-electron chi connectivity index (χ0n) is 11.2. The van der Waals surface area contributed by atoms with Crippen molar-refractivity contribution in [2.24, 2.45) is 5.92 Å². The lowest BCUT2D eigenvalue weighted by Gasteiger charge is -2.33. The Morgan fingerprint density at radius 3 is 2.89 bits per heavy atom. The zero-order valence-corrected chi connectivity index (χ0v) is 11.2. The van der Waals surface area contributed by atoms with E-state index in [9.17, 15) is 4.39 Å². The van der Waals surface area contributed by atoms with Crippen LogP contribution in [0.4, 0.5) is 4.39 Å². The number of ether oxygens (including phenoxy) is 1. The van der Waals surface area contributed by atoms with Crippen molar-refractivity contribution in [1.82, 2.24) is 5.32 Å². The van der Waals surface area contributed by atoms with E-state index in [1.54, 1.807) is 6.07 Å². The lowest BCUT2D eigenvalue weighted by molar-refractivity contribution is 0.0297. The van der Waals surface area contributed by atoms with Crippen LogP contribution in [0.5, 0.6) is 0 Å². The number of benzene rings is 1. The van der Waals surface area contributed by atoms with E-state index in [-0.39, 0.29) is 5.82 Å². The summed E-state index contributed by atoms with van der Waals surface area (Å²) in [5.41, 5.74) is 0.795. The first-order chi connectivity index (χ1) is 8.66. The molecule has 0 aromatic heterocycles. The molecule has 1 aromatic rings. The molecule has 0 aliphatic carbocycles. The summed E-state index contributed by atoms with van der Waals surface area (Å²) in [6, 6.07) is 7.92. The molecule has 1 N–H and O–H groups in total. The smallest absolute Gasteiger partial charge is 0.126 e. The van der Waals surface area contributed by atoms with Gasteiger partial charge in [-0.05, 0) is 24.5 Å². The highest BCUT2D eigenvalue weighted by Crippen LogP contribution is 2.21. The number of nitrogens with one attached hydrogen (secondary N) is 1. The Balaban J connectivity index is 2.03. The van der Waals surface area contributed by atoms with Crippen molar-refractivity contribution < 1.29 is 9.13 Å². The van der Waals surface area contributed by atoms with E-state index in [0.29, 0.717) is 18.0 Å². The van der Waals surface area contributed by atoms with Crippen molar-refractivity contribution >= 4 is 0 Å². The van der Waals surface area contributed by atoms with Gasteiger partial charge in [0.15, 0.2) is 0 Å². The fourth-order valence-corrected chi connectivity index (χ4v) is 2.59. The van der Waals surface area contributed by atoms with Crippen LogP contribution in [0, 0.1) is 11.7 Å². The number of hydrogen-bond donors (Lipinski definition) is 1. The second-order valence-corrected chi connectivity index (χ2v) is 5.35. The van der Waals surface area contributed by atoms with Gasteiger partial charge in [0.25, 0.3) is 0 Å². The molecule has 0 saturated carbocycles. The monoisotopic (exact) mass is 251 g/mol. The van der Waals surface area contributed by atoms with E-state index in [1.807, 2.05) is 12.1 Å². The summed E-state index contributed by atoms with van der Waals surface area (Å²) in [5.74, 6) is 0.254. The van der Waals surface area contributed by atoms with E-state index in [1.165, 1.54) is 6.07 Å². The molecule has 1 fully saturated rings. The summed E-state index contributed by atoms with van der Waals surface area (Å²) in [7, 11) is 0. The van der Waals surface area contributed by atoms with Crippen LogP contribution in [0.2, 0.25) is 0 Å². The van der Waals surface area contributed by atoms with Gasteiger partial charge in [0.2, 0.25) is 0 Å². The van der Waals surface area contributed by atoms with Gasteiger partial charge in [-0.1, -0.05) is 32.0 Å². The van der Waals surface area contributed by atoms with Gasteiger partial charge in [0.05, 0.1) is 6.61 Å². The topological polar surface area (TPSA) is 21.3 Å². The summed E-state index contributed by atoms with van der Waals surface area (Å²) in [6.45, 7) is 5.82. The van der Waals surface area contributed by atoms with Gasteiger partial charge in [-0.3, -0.25) is 0 Å². The lowest BCUT2D eigenvalue weighted by atomic mass is 9.89. The summed E-state index contributed by atoms with van der Waals surface area (Å²) in [4.78, 5) is 0. The number of hydrogen-bond acceptors (Lipinski definition) is 2. The Hall–Kier alpha value is -0.930. The molecule has 1 saturated heterocycles. The van der Waals surface area contributed by atoms with Crippen LogP contribution in [0.3, 0.4) is 0 Å². The van der Waals surface area contributed by atoms with Crippen molar-refractivity contribution in [3.8, 4) is 0 Å². The summed E-state index contributed by atoms with van der Waals surface area (Å²) >= 11 is 0. The van der Waals surface area contributed by atoms with Crippen molar-refractivity contribution in [2.45, 2.75) is 38.8 Å². The standard InChI is InChI=1S/C15H22FNO/c1-11(2)17-15-7-8-18-10-13(15)9-12-5-3-4-6-14(12)16/h3-6,11,13,15,17H,7-10H2,1-2H3. The molecule has 1 aliphatic rings. The van der Waals surface area contributed by atoms with Crippen LogP contribution >= 0.6 is 0 Å². The average Bonchev–Trinajstić information content (AvgIpc) is 2.34. The van der Waals surface area contributed by atoms with Gasteiger partial charge >= 0.3 is 0 Å². The maximum atomic E-state index is 13.7. The van der Waals surface area contributed by atoms with E-state index >= 15 is 0 Å². The minimum atomic E-state index is -0.105. The highest BCUT2D eigenvalue weighted by molar-refractivity contribution is 5.18. The van der Waals surface area contributed by atoms with Gasteiger partial charge in [0, 0.05) is 24.6 Å². The van der Waals surface area contributed by atoms with Crippen molar-refractivity contribution in [3.05, 3.63) is 35.6 Å². The van der Waals surface area contributed by atoms with Crippen LogP contribution in [-0.4, -0.2) is 25.3 Å². The van der Waals surface area contributed by atoms with Crippen molar-refractivity contribution in [2.75, 3.05) is 13.2 Å². The molecule has 3 heteroatoms. The molecule has 1 aromatic carbocycles. The molecular formula is C15H22FNO. The molecular weight excluding hydrogens is 229 g/mol. The number of rotatable bonds is 4. The lowest BCUT2D eigenvalue weighted by Crippen LogP contribution is -2.46. The molecule has 1 aliphatic heterocycles. The second-order valence-electron chi connectivity index (χ2n) is 5.35. The van der Waals surface area contributed by atoms with E-state index in [2.05, 4.69) is 19.2 Å². The van der Waals surface area contributed by atoms with Gasteiger partial charge in [0.1, 0.15) is 5.82 Å². The van der Waals surface area contributed by atoms with E-state index in [0.717, 1.165) is 31.6 Å². The second kappa shape index (κ2) is 6.30. The number of halogens is 1. The molecule has 0 spiro atoms. The molecule has 2 rings (SSSR count). The SMILES string of the molecule is CC(C)NC1CCOCC1Cc1ccccc1F. The third kappa shape index (κ3) is 3.53. The quantitative estimate of drug-likeness (QED) is 0.888. The maximum Gasteiger partial charge on any atom is 0.126 e. The molecule has 0 amide bonds. The molecule has 18 heavy (non-hydrogen) atoms. The van der Waals surface area contributed by atoms with E-state index < -0.39 is 0 Å². The first-order valence-electron chi connectivity index (χ1n) is 6.74. The van der Waals surface area contributed by atoms with Crippen LogP contribution < -0.4 is 5.32 Å². The minimum absolute atomic E-state index is 0.105. The highest BCUT2D eigenvalue weighted by Gasteiger charge is 2.26. The van der Waals surface area contributed by atoms with Crippen LogP contribution in [0.25, 0.3) is 0 Å². The van der Waals surface area contributed by atoms with Gasteiger partial charge < -0.3 is 10.1 Å². The predicted molar refractivity (Wildman–Crippen MR) is 71.1 cm³/mol. The molecule has 2 unspecified atom stereocenters. The first-order valence-corrected chi connectivity index (χ1v) is 6.74. The molecule has 1 heterocycles. The Morgan fingerprint density at radius 1 is 1.39 bits per heavy atom. The normalized spacial score (nSPS) is 24.4. The summed E-state index contributed by atoms with van der Waals surface area (Å²) < 4.78 is 19.2. The van der Waals surface area contributed by atoms with Crippen molar-refractivity contribution in [1.29, 1.82) is 0 Å². The van der Waals surface area contributed by atoms with Gasteiger partial charge in [-0.25, -0.2) is 4.39 Å². The summed E-state index contributed by atoms with van der Waals surface area (Å²) in [5, 5.41) is 3.57. The third-order valence-corrected chi connectivity index (χ3v) is 3.46. The van der Waals surface area contributed by atoms with Crippen LogP contribution in [-0.2, 0) is 11.2 Å². The minimum Gasteiger partial charge on any atom is -0.381 e. The molecule has 2 atom stereocenters. The van der Waals surface area contributed by atoms with Crippen LogP contribution in [0.15, 0.2) is 24.3 Å². The average molecular weight is 251 g/mol. The van der Waals surface area contributed by atoms with Gasteiger partial charge in [-0.15, -0.1) is 0 Å². The Morgan fingerprint density at radius 2 is 2.17 bits per heavy atom. The van der Waals surface area contributed by atoms with Crippen LogP contribution in [0.1, 0.15) is 25.8 Å². The zero-order chi connectivity index (χ0) is 13.0. The van der Waals surface area contributed by atoms with Crippen molar-refractivity contribution in [3.63, 3.8) is 0 Å². The fraction of sp³-hybridized carbons (Fsp3) is 0.600. The molecule has 2 nitrogen and oxygen atoms in total.